The Bertz CT molecular complexity index is 807. The molecule has 1 aromatic carbocycles. The number of hydrogen-bond acceptors (Lipinski definition) is 4. The fraction of sp³-hybridized carbons (Fsp3) is 0.444. The Balaban J connectivity index is 1.95. The van der Waals surface area contributed by atoms with E-state index in [1.807, 2.05) is 23.6 Å². The summed E-state index contributed by atoms with van der Waals surface area (Å²) in [5.74, 6) is 0.238. The number of rotatable bonds is 5. The van der Waals surface area contributed by atoms with Crippen LogP contribution in [0.1, 0.15) is 30.1 Å². The summed E-state index contributed by atoms with van der Waals surface area (Å²) in [5.41, 5.74) is 0.660. The van der Waals surface area contributed by atoms with E-state index in [-0.39, 0.29) is 23.0 Å². The van der Waals surface area contributed by atoms with Gasteiger partial charge in [0, 0.05) is 25.9 Å². The highest BCUT2D eigenvalue weighted by Crippen LogP contribution is 2.19. The molecule has 6 nitrogen and oxygen atoms in total. The normalized spacial score (nSPS) is 17.2. The van der Waals surface area contributed by atoms with Crippen LogP contribution in [0.25, 0.3) is 10.9 Å². The van der Waals surface area contributed by atoms with Gasteiger partial charge < -0.3 is 19.4 Å². The number of benzene rings is 1. The fourth-order valence-corrected chi connectivity index (χ4v) is 3.03. The van der Waals surface area contributed by atoms with Crippen LogP contribution in [0.3, 0.4) is 0 Å². The second-order valence-electron chi connectivity index (χ2n) is 5.89. The van der Waals surface area contributed by atoms with Crippen LogP contribution in [0.15, 0.2) is 29.2 Å². The van der Waals surface area contributed by atoms with Crippen molar-refractivity contribution in [3.8, 4) is 5.75 Å². The number of pyridine rings is 1. The first-order valence-corrected chi connectivity index (χ1v) is 8.25. The summed E-state index contributed by atoms with van der Waals surface area (Å²) in [6.45, 7) is 3.80. The molecule has 1 amide bonds. The van der Waals surface area contributed by atoms with Gasteiger partial charge in [-0.05, 0) is 38.0 Å². The van der Waals surface area contributed by atoms with Crippen molar-refractivity contribution in [1.82, 2.24) is 9.88 Å². The van der Waals surface area contributed by atoms with Crippen LogP contribution in [0, 0.1) is 0 Å². The van der Waals surface area contributed by atoms with E-state index in [0.717, 1.165) is 25.0 Å². The fourth-order valence-electron chi connectivity index (χ4n) is 3.03. The van der Waals surface area contributed by atoms with E-state index in [9.17, 15) is 9.59 Å². The molecule has 1 aromatic heterocycles. The minimum atomic E-state index is -0.359. The van der Waals surface area contributed by atoms with Crippen LogP contribution in [-0.2, 0) is 11.3 Å². The van der Waals surface area contributed by atoms with Gasteiger partial charge in [-0.1, -0.05) is 0 Å². The zero-order valence-corrected chi connectivity index (χ0v) is 14.0. The lowest BCUT2D eigenvalue weighted by molar-refractivity contribution is 0.0856. The van der Waals surface area contributed by atoms with Crippen LogP contribution in [0.4, 0.5) is 0 Å². The quantitative estimate of drug-likeness (QED) is 0.909. The number of aromatic nitrogens is 1. The van der Waals surface area contributed by atoms with Gasteiger partial charge in [0.1, 0.15) is 11.3 Å². The van der Waals surface area contributed by atoms with Crippen molar-refractivity contribution in [3.05, 3.63) is 40.2 Å². The van der Waals surface area contributed by atoms with Gasteiger partial charge in [-0.2, -0.15) is 0 Å². The third-order valence-corrected chi connectivity index (χ3v) is 4.39. The molecule has 0 saturated carbocycles. The Kier molecular flexibility index (Phi) is 4.85. The molecular weight excluding hydrogens is 308 g/mol. The van der Waals surface area contributed by atoms with Crippen molar-refractivity contribution >= 4 is 16.8 Å². The Labute approximate surface area is 140 Å². The van der Waals surface area contributed by atoms with Crippen LogP contribution in [0.5, 0.6) is 5.75 Å². The summed E-state index contributed by atoms with van der Waals surface area (Å²) in [5, 5.41) is 3.30. The first-order valence-electron chi connectivity index (χ1n) is 8.25. The number of fused-ring (bicyclic) bond motifs is 1. The maximum atomic E-state index is 12.7. The number of methoxy groups -OCH3 is 1. The number of amides is 1. The highest BCUT2D eigenvalue weighted by atomic mass is 16.5. The monoisotopic (exact) mass is 330 g/mol. The number of nitrogens with zero attached hydrogens (tertiary/aromatic N) is 1. The first kappa shape index (κ1) is 16.5. The van der Waals surface area contributed by atoms with Gasteiger partial charge in [0.05, 0.1) is 24.1 Å². The molecule has 6 heteroatoms. The average Bonchev–Trinajstić information content (AvgIpc) is 3.13. The van der Waals surface area contributed by atoms with E-state index in [2.05, 4.69) is 5.32 Å². The highest BCUT2D eigenvalue weighted by molar-refractivity contribution is 5.97. The van der Waals surface area contributed by atoms with Crippen molar-refractivity contribution in [2.24, 2.45) is 0 Å². The SMILES string of the molecule is CCn1cc(C(=O)NC[C@H]2CCCO2)c(=O)c2cc(OC)ccc21. The minimum Gasteiger partial charge on any atom is -0.497 e. The van der Waals surface area contributed by atoms with Gasteiger partial charge in [-0.25, -0.2) is 0 Å². The van der Waals surface area contributed by atoms with Crippen molar-refractivity contribution in [1.29, 1.82) is 0 Å². The topological polar surface area (TPSA) is 69.6 Å². The Morgan fingerprint density at radius 3 is 2.96 bits per heavy atom. The van der Waals surface area contributed by atoms with E-state index in [1.165, 1.54) is 0 Å². The maximum absolute atomic E-state index is 12.7. The molecule has 0 bridgehead atoms. The number of carbonyl (C=O) groups is 1. The van der Waals surface area contributed by atoms with Gasteiger partial charge in [0.2, 0.25) is 5.43 Å². The third kappa shape index (κ3) is 3.14. The number of aryl methyl sites for hydroxylation is 1. The van der Waals surface area contributed by atoms with Gasteiger partial charge in [0.15, 0.2) is 0 Å². The van der Waals surface area contributed by atoms with Gasteiger partial charge in [0.25, 0.3) is 5.91 Å². The van der Waals surface area contributed by atoms with Crippen LogP contribution in [-0.4, -0.2) is 36.8 Å². The predicted molar refractivity (Wildman–Crippen MR) is 91.7 cm³/mol. The molecule has 128 valence electrons. The lowest BCUT2D eigenvalue weighted by atomic mass is 10.1. The van der Waals surface area contributed by atoms with E-state index >= 15 is 0 Å². The van der Waals surface area contributed by atoms with Gasteiger partial charge >= 0.3 is 0 Å². The van der Waals surface area contributed by atoms with Gasteiger partial charge in [-0.3, -0.25) is 9.59 Å². The zero-order chi connectivity index (χ0) is 17.1. The second kappa shape index (κ2) is 7.05. The minimum absolute atomic E-state index is 0.0444. The van der Waals surface area contributed by atoms with E-state index in [0.29, 0.717) is 24.2 Å². The molecule has 2 aromatic rings. The molecule has 0 unspecified atom stereocenters. The summed E-state index contributed by atoms with van der Waals surface area (Å²) in [7, 11) is 1.55. The van der Waals surface area contributed by atoms with E-state index in [1.54, 1.807) is 19.4 Å². The molecule has 24 heavy (non-hydrogen) atoms. The molecule has 0 spiro atoms. The zero-order valence-electron chi connectivity index (χ0n) is 14.0. The molecule has 1 atom stereocenters. The summed E-state index contributed by atoms with van der Waals surface area (Å²) < 4.78 is 12.6. The predicted octanol–water partition coefficient (Wildman–Crippen LogP) is 1.94. The largest absolute Gasteiger partial charge is 0.497 e. The van der Waals surface area contributed by atoms with Crippen molar-refractivity contribution in [2.45, 2.75) is 32.4 Å². The molecule has 1 aliphatic rings. The number of ether oxygens (including phenoxy) is 2. The number of carbonyl (C=O) groups excluding carboxylic acids is 1. The van der Waals surface area contributed by atoms with Crippen LogP contribution in [0.2, 0.25) is 0 Å². The average molecular weight is 330 g/mol. The molecule has 2 heterocycles. The van der Waals surface area contributed by atoms with Crippen molar-refractivity contribution < 1.29 is 14.3 Å². The molecule has 3 rings (SSSR count). The molecule has 1 N–H and O–H groups in total. The van der Waals surface area contributed by atoms with Crippen LogP contribution < -0.4 is 15.5 Å². The second-order valence-corrected chi connectivity index (χ2v) is 5.89. The highest BCUT2D eigenvalue weighted by Gasteiger charge is 2.19. The molecular formula is C18H22N2O4. The van der Waals surface area contributed by atoms with E-state index in [4.69, 9.17) is 9.47 Å². The summed E-state index contributed by atoms with van der Waals surface area (Å²) in [6.07, 6.45) is 3.62. The first-order chi connectivity index (χ1) is 11.6. The Morgan fingerprint density at radius 1 is 1.46 bits per heavy atom. The van der Waals surface area contributed by atoms with Crippen molar-refractivity contribution in [2.75, 3.05) is 20.3 Å². The van der Waals surface area contributed by atoms with Gasteiger partial charge in [-0.15, -0.1) is 0 Å². The molecule has 1 fully saturated rings. The summed E-state index contributed by atoms with van der Waals surface area (Å²) >= 11 is 0. The molecule has 0 aliphatic carbocycles. The number of hydrogen-bond donors (Lipinski definition) is 1. The van der Waals surface area contributed by atoms with Crippen molar-refractivity contribution in [3.63, 3.8) is 0 Å². The molecule has 0 radical (unpaired) electrons. The maximum Gasteiger partial charge on any atom is 0.256 e. The summed E-state index contributed by atoms with van der Waals surface area (Å²) in [4.78, 5) is 25.2. The smallest absolute Gasteiger partial charge is 0.256 e. The lowest BCUT2D eigenvalue weighted by Crippen LogP contribution is -2.35. The lowest BCUT2D eigenvalue weighted by Gasteiger charge is -2.14. The molecule has 1 aliphatic heterocycles. The number of nitrogens with one attached hydrogen (secondary N) is 1. The van der Waals surface area contributed by atoms with Crippen LogP contribution >= 0.6 is 0 Å². The standard InChI is InChI=1S/C18H22N2O4/c1-3-20-11-15(18(22)19-10-13-5-4-8-24-13)17(21)14-9-12(23-2)6-7-16(14)20/h6-7,9,11,13H,3-5,8,10H2,1-2H3,(H,19,22)/t13-/m1/s1. The van der Waals surface area contributed by atoms with E-state index < -0.39 is 0 Å². The summed E-state index contributed by atoms with van der Waals surface area (Å²) in [6, 6.07) is 5.33. The third-order valence-electron chi connectivity index (χ3n) is 4.39. The molecule has 1 saturated heterocycles. The Morgan fingerprint density at radius 2 is 2.29 bits per heavy atom. The Hall–Kier alpha value is -2.34.